The lowest BCUT2D eigenvalue weighted by molar-refractivity contribution is -0.148. The number of carboxylic acids is 1. The topological polar surface area (TPSA) is 40.5 Å². The highest BCUT2D eigenvalue weighted by atomic mass is 79.9. The molecule has 0 saturated carbocycles. The quantitative estimate of drug-likeness (QED) is 0.921. The first kappa shape index (κ1) is 14.5. The fourth-order valence-corrected chi connectivity index (χ4v) is 2.85. The average Bonchev–Trinajstić information content (AvgIpc) is 2.79. The molecular formula is C14H17BrFNO2. The van der Waals surface area contributed by atoms with Crippen LogP contribution < -0.4 is 0 Å². The minimum absolute atomic E-state index is 0.281. The van der Waals surface area contributed by atoms with Crippen LogP contribution in [0.2, 0.25) is 0 Å². The van der Waals surface area contributed by atoms with E-state index in [0.29, 0.717) is 30.4 Å². The smallest absolute Gasteiger partial charge is 0.310 e. The van der Waals surface area contributed by atoms with Crippen LogP contribution in [0.4, 0.5) is 4.39 Å². The lowest BCUT2D eigenvalue weighted by Crippen LogP contribution is -2.33. The van der Waals surface area contributed by atoms with Crippen LogP contribution in [0.1, 0.15) is 25.3 Å². The summed E-state index contributed by atoms with van der Waals surface area (Å²) in [7, 11) is 0. The van der Waals surface area contributed by atoms with E-state index >= 15 is 0 Å². The van der Waals surface area contributed by atoms with Gasteiger partial charge in [0.2, 0.25) is 0 Å². The van der Waals surface area contributed by atoms with Crippen molar-refractivity contribution >= 4 is 21.9 Å². The molecule has 1 N–H and O–H groups in total. The molecule has 5 heteroatoms. The molecule has 0 amide bonds. The number of carboxylic acid groups (broad SMARTS) is 1. The summed E-state index contributed by atoms with van der Waals surface area (Å²) in [5, 5.41) is 9.34. The van der Waals surface area contributed by atoms with Gasteiger partial charge in [0.25, 0.3) is 0 Å². The van der Waals surface area contributed by atoms with Gasteiger partial charge in [0, 0.05) is 13.1 Å². The predicted octanol–water partition coefficient (Wildman–Crippen LogP) is 3.27. The van der Waals surface area contributed by atoms with Crippen molar-refractivity contribution in [1.82, 2.24) is 4.90 Å². The van der Waals surface area contributed by atoms with Gasteiger partial charge in [-0.05, 0) is 53.0 Å². The van der Waals surface area contributed by atoms with E-state index in [4.69, 9.17) is 0 Å². The van der Waals surface area contributed by atoms with E-state index in [-0.39, 0.29) is 5.82 Å². The van der Waals surface area contributed by atoms with Crippen molar-refractivity contribution in [2.45, 2.75) is 26.3 Å². The monoisotopic (exact) mass is 329 g/mol. The highest BCUT2D eigenvalue weighted by Gasteiger charge is 2.42. The van der Waals surface area contributed by atoms with Crippen LogP contribution in [0.5, 0.6) is 0 Å². The van der Waals surface area contributed by atoms with E-state index in [1.54, 1.807) is 6.07 Å². The van der Waals surface area contributed by atoms with Crippen LogP contribution in [-0.2, 0) is 11.3 Å². The van der Waals surface area contributed by atoms with Gasteiger partial charge in [0.15, 0.2) is 0 Å². The highest BCUT2D eigenvalue weighted by Crippen LogP contribution is 2.35. The summed E-state index contributed by atoms with van der Waals surface area (Å²) in [5.74, 6) is -1.00. The zero-order valence-corrected chi connectivity index (χ0v) is 12.4. The summed E-state index contributed by atoms with van der Waals surface area (Å²) in [6.07, 6.45) is 1.30. The van der Waals surface area contributed by atoms with Gasteiger partial charge in [0.05, 0.1) is 9.89 Å². The van der Waals surface area contributed by atoms with E-state index in [9.17, 15) is 14.3 Å². The molecule has 1 unspecified atom stereocenters. The molecule has 1 fully saturated rings. The molecule has 1 heterocycles. The number of nitrogens with zero attached hydrogens (tertiary/aromatic N) is 1. The van der Waals surface area contributed by atoms with Crippen LogP contribution >= 0.6 is 15.9 Å². The fourth-order valence-electron chi connectivity index (χ4n) is 2.60. The maximum atomic E-state index is 13.4. The Morgan fingerprint density at radius 2 is 2.32 bits per heavy atom. The Morgan fingerprint density at radius 1 is 1.58 bits per heavy atom. The molecule has 104 valence electrons. The SMILES string of the molecule is CCC1(C(=O)O)CCN(Cc2ccc(Br)c(F)c2)C1. The maximum Gasteiger partial charge on any atom is 0.310 e. The lowest BCUT2D eigenvalue weighted by Gasteiger charge is -2.23. The molecule has 0 aromatic heterocycles. The number of carbonyl (C=O) groups is 1. The molecule has 1 atom stereocenters. The number of benzene rings is 1. The molecule has 0 radical (unpaired) electrons. The fraction of sp³-hybridized carbons (Fsp3) is 0.500. The van der Waals surface area contributed by atoms with Gasteiger partial charge < -0.3 is 5.11 Å². The summed E-state index contributed by atoms with van der Waals surface area (Å²) >= 11 is 3.12. The van der Waals surface area contributed by atoms with Crippen molar-refractivity contribution in [2.75, 3.05) is 13.1 Å². The molecule has 2 rings (SSSR count). The third-order valence-corrected chi connectivity index (χ3v) is 4.60. The van der Waals surface area contributed by atoms with E-state index in [1.165, 1.54) is 6.07 Å². The number of hydrogen-bond donors (Lipinski definition) is 1. The molecule has 19 heavy (non-hydrogen) atoms. The van der Waals surface area contributed by atoms with Crippen LogP contribution in [0.15, 0.2) is 22.7 Å². The summed E-state index contributed by atoms with van der Waals surface area (Å²) < 4.78 is 13.9. The van der Waals surface area contributed by atoms with Gasteiger partial charge in [-0.3, -0.25) is 9.69 Å². The van der Waals surface area contributed by atoms with E-state index < -0.39 is 11.4 Å². The second-order valence-electron chi connectivity index (χ2n) is 5.15. The number of aliphatic carboxylic acids is 1. The van der Waals surface area contributed by atoms with Gasteiger partial charge in [-0.1, -0.05) is 13.0 Å². The number of likely N-dealkylation sites (tertiary alicyclic amines) is 1. The first-order valence-electron chi connectivity index (χ1n) is 6.36. The maximum absolute atomic E-state index is 13.4. The molecule has 3 nitrogen and oxygen atoms in total. The Balaban J connectivity index is 2.05. The Hall–Kier alpha value is -0.940. The van der Waals surface area contributed by atoms with Crippen molar-refractivity contribution in [3.8, 4) is 0 Å². The third-order valence-electron chi connectivity index (χ3n) is 3.95. The third kappa shape index (κ3) is 2.98. The summed E-state index contributed by atoms with van der Waals surface area (Å²) in [5.41, 5.74) is 0.242. The molecular weight excluding hydrogens is 313 g/mol. The van der Waals surface area contributed by atoms with Crippen molar-refractivity contribution < 1.29 is 14.3 Å². The Bertz CT molecular complexity index is 494. The van der Waals surface area contributed by atoms with Crippen molar-refractivity contribution in [3.05, 3.63) is 34.1 Å². The normalized spacial score (nSPS) is 23.7. The van der Waals surface area contributed by atoms with Crippen molar-refractivity contribution in [2.24, 2.45) is 5.41 Å². The predicted molar refractivity (Wildman–Crippen MR) is 74.4 cm³/mol. The number of rotatable bonds is 4. The minimum atomic E-state index is -0.723. The van der Waals surface area contributed by atoms with Crippen LogP contribution in [-0.4, -0.2) is 29.1 Å². The van der Waals surface area contributed by atoms with Gasteiger partial charge >= 0.3 is 5.97 Å². The average molecular weight is 330 g/mol. The molecule has 1 aromatic carbocycles. The molecule has 0 bridgehead atoms. The van der Waals surface area contributed by atoms with Gasteiger partial charge in [0.1, 0.15) is 5.82 Å². The summed E-state index contributed by atoms with van der Waals surface area (Å²) in [4.78, 5) is 13.4. The largest absolute Gasteiger partial charge is 0.481 e. The molecule has 1 saturated heterocycles. The number of halogens is 2. The summed E-state index contributed by atoms with van der Waals surface area (Å²) in [6, 6.07) is 5.04. The van der Waals surface area contributed by atoms with Gasteiger partial charge in [-0.15, -0.1) is 0 Å². The Kier molecular flexibility index (Phi) is 4.26. The van der Waals surface area contributed by atoms with E-state index in [2.05, 4.69) is 20.8 Å². The Morgan fingerprint density at radius 3 is 2.84 bits per heavy atom. The van der Waals surface area contributed by atoms with Crippen LogP contribution in [0.25, 0.3) is 0 Å². The lowest BCUT2D eigenvalue weighted by atomic mass is 9.84. The first-order chi connectivity index (χ1) is 8.97. The van der Waals surface area contributed by atoms with E-state index in [0.717, 1.165) is 12.1 Å². The Labute approximate surface area is 120 Å². The molecule has 1 aliphatic rings. The summed E-state index contributed by atoms with van der Waals surface area (Å²) in [6.45, 7) is 3.80. The number of hydrogen-bond acceptors (Lipinski definition) is 2. The molecule has 1 aromatic rings. The zero-order chi connectivity index (χ0) is 14.0. The van der Waals surface area contributed by atoms with Crippen molar-refractivity contribution in [1.29, 1.82) is 0 Å². The standard InChI is InChI=1S/C14H17BrFNO2/c1-2-14(13(18)19)5-6-17(9-14)8-10-3-4-11(15)12(16)7-10/h3-4,7H,2,5-6,8-9H2,1H3,(H,18,19). The van der Waals surface area contributed by atoms with Gasteiger partial charge in [-0.2, -0.15) is 0 Å². The van der Waals surface area contributed by atoms with Crippen molar-refractivity contribution in [3.63, 3.8) is 0 Å². The second-order valence-corrected chi connectivity index (χ2v) is 6.00. The first-order valence-corrected chi connectivity index (χ1v) is 7.16. The van der Waals surface area contributed by atoms with Crippen LogP contribution in [0, 0.1) is 11.2 Å². The molecule has 1 aliphatic heterocycles. The van der Waals surface area contributed by atoms with E-state index in [1.807, 2.05) is 13.0 Å². The highest BCUT2D eigenvalue weighted by molar-refractivity contribution is 9.10. The van der Waals surface area contributed by atoms with Crippen LogP contribution in [0.3, 0.4) is 0 Å². The zero-order valence-electron chi connectivity index (χ0n) is 10.8. The second kappa shape index (κ2) is 5.59. The van der Waals surface area contributed by atoms with Gasteiger partial charge in [-0.25, -0.2) is 4.39 Å². The molecule has 0 aliphatic carbocycles. The molecule has 0 spiro atoms. The minimum Gasteiger partial charge on any atom is -0.481 e.